The summed E-state index contributed by atoms with van der Waals surface area (Å²) >= 11 is 6.33. The number of nitrogens with zero attached hydrogens (tertiary/aromatic N) is 2. The molecular weight excluding hydrogens is 434 g/mol. The minimum absolute atomic E-state index is 0.0208. The second kappa shape index (κ2) is 9.58. The summed E-state index contributed by atoms with van der Waals surface area (Å²) < 4.78 is 17.0. The van der Waals surface area contributed by atoms with Crippen LogP contribution in [0.15, 0.2) is 40.9 Å². The number of halogens is 1. The summed E-state index contributed by atoms with van der Waals surface area (Å²) in [6, 6.07) is 11.0. The average Bonchev–Trinajstić information content (AvgIpc) is 3.16. The fourth-order valence-corrected chi connectivity index (χ4v) is 3.65. The van der Waals surface area contributed by atoms with Gasteiger partial charge in [0.1, 0.15) is 18.1 Å². The van der Waals surface area contributed by atoms with Crippen molar-refractivity contribution in [3.63, 3.8) is 0 Å². The Bertz CT molecular complexity index is 1110. The molecule has 0 saturated carbocycles. The molecule has 1 unspecified atom stereocenters. The van der Waals surface area contributed by atoms with Crippen molar-refractivity contribution in [2.45, 2.75) is 45.4 Å². The minimum Gasteiger partial charge on any atom is -0.492 e. The predicted octanol–water partition coefficient (Wildman–Crippen LogP) is 4.56. The van der Waals surface area contributed by atoms with E-state index in [0.717, 1.165) is 16.9 Å². The summed E-state index contributed by atoms with van der Waals surface area (Å²) in [7, 11) is 0. The molecule has 0 aliphatic carbocycles. The van der Waals surface area contributed by atoms with Crippen molar-refractivity contribution in [1.29, 1.82) is 0 Å². The van der Waals surface area contributed by atoms with Crippen LogP contribution < -0.4 is 14.8 Å². The average molecular weight is 458 g/mol. The van der Waals surface area contributed by atoms with Crippen LogP contribution in [0.5, 0.6) is 11.5 Å². The molecule has 0 bridgehead atoms. The Labute approximate surface area is 190 Å². The van der Waals surface area contributed by atoms with Gasteiger partial charge in [-0.3, -0.25) is 4.79 Å². The highest BCUT2D eigenvalue weighted by atomic mass is 35.5. The summed E-state index contributed by atoms with van der Waals surface area (Å²) in [6.07, 6.45) is 0.629. The van der Waals surface area contributed by atoms with Crippen LogP contribution >= 0.6 is 11.6 Å². The normalized spacial score (nSPS) is 15.7. The number of carboxylic acids is 1. The quantitative estimate of drug-likeness (QED) is 0.531. The molecule has 4 rings (SSSR count). The number of rotatable bonds is 7. The minimum atomic E-state index is -0.813. The zero-order chi connectivity index (χ0) is 22.7. The first-order valence-corrected chi connectivity index (χ1v) is 10.8. The maximum atomic E-state index is 10.8. The van der Waals surface area contributed by atoms with Crippen molar-refractivity contribution in [3.05, 3.63) is 47.0 Å². The number of aliphatic carboxylic acids is 1. The van der Waals surface area contributed by atoms with Gasteiger partial charge < -0.3 is 24.4 Å². The van der Waals surface area contributed by atoms with E-state index in [2.05, 4.69) is 15.5 Å². The molecule has 1 aliphatic heterocycles. The number of nitrogens with one attached hydrogen (secondary N) is 1. The summed E-state index contributed by atoms with van der Waals surface area (Å²) in [5.74, 6) is 1.36. The van der Waals surface area contributed by atoms with E-state index in [9.17, 15) is 4.79 Å². The van der Waals surface area contributed by atoms with Gasteiger partial charge in [-0.25, -0.2) is 0 Å². The maximum Gasteiger partial charge on any atom is 0.303 e. The molecule has 0 fully saturated rings. The SMILES string of the molecule is CC(C)Oc1ccc(-c2nc(-c3ccc4c(c3)CNC(CCC(=O)O)CO4)no2)cc1Cl. The van der Waals surface area contributed by atoms with Crippen molar-refractivity contribution in [2.75, 3.05) is 6.61 Å². The van der Waals surface area contributed by atoms with E-state index in [-0.39, 0.29) is 18.6 Å². The monoisotopic (exact) mass is 457 g/mol. The summed E-state index contributed by atoms with van der Waals surface area (Å²) in [5.41, 5.74) is 2.44. The van der Waals surface area contributed by atoms with Gasteiger partial charge in [0.05, 0.1) is 11.1 Å². The number of carbonyl (C=O) groups is 1. The topological polar surface area (TPSA) is 107 Å². The number of aromatic nitrogens is 2. The fraction of sp³-hybridized carbons (Fsp3) is 0.348. The molecule has 0 saturated heterocycles. The molecule has 9 heteroatoms. The molecule has 8 nitrogen and oxygen atoms in total. The zero-order valence-electron chi connectivity index (χ0n) is 17.8. The Morgan fingerprint density at radius 2 is 2.09 bits per heavy atom. The molecule has 2 aromatic carbocycles. The van der Waals surface area contributed by atoms with Crippen LogP contribution in [0.4, 0.5) is 0 Å². The lowest BCUT2D eigenvalue weighted by Gasteiger charge is -2.13. The van der Waals surface area contributed by atoms with Gasteiger partial charge >= 0.3 is 5.97 Å². The first kappa shape index (κ1) is 22.1. The Hall–Kier alpha value is -3.10. The second-order valence-corrected chi connectivity index (χ2v) is 8.29. The van der Waals surface area contributed by atoms with Crippen LogP contribution in [-0.2, 0) is 11.3 Å². The molecule has 1 aliphatic rings. The number of hydrogen-bond acceptors (Lipinski definition) is 7. The standard InChI is InChI=1S/C23H24ClN3O5/c1-13(2)31-20-7-4-15(10-18(20)24)23-26-22(27-32-23)14-3-6-19-16(9-14)11-25-17(12-30-19)5-8-21(28)29/h3-4,6-7,9-10,13,17,25H,5,8,11-12H2,1-2H3,(H,28,29). The molecule has 0 amide bonds. The molecule has 2 heterocycles. The van der Waals surface area contributed by atoms with Gasteiger partial charge in [-0.1, -0.05) is 16.8 Å². The molecule has 32 heavy (non-hydrogen) atoms. The summed E-state index contributed by atoms with van der Waals surface area (Å²) in [4.78, 5) is 15.3. The van der Waals surface area contributed by atoms with Gasteiger partial charge in [0.2, 0.25) is 5.82 Å². The van der Waals surface area contributed by atoms with Crippen LogP contribution in [0.25, 0.3) is 22.8 Å². The van der Waals surface area contributed by atoms with E-state index in [4.69, 9.17) is 30.7 Å². The maximum absolute atomic E-state index is 10.8. The van der Waals surface area contributed by atoms with Gasteiger partial charge in [-0.2, -0.15) is 4.98 Å². The molecule has 168 valence electrons. The highest BCUT2D eigenvalue weighted by Crippen LogP contribution is 2.32. The van der Waals surface area contributed by atoms with Crippen LogP contribution in [0.2, 0.25) is 5.02 Å². The van der Waals surface area contributed by atoms with Gasteiger partial charge in [-0.15, -0.1) is 0 Å². The number of fused-ring (bicyclic) bond motifs is 1. The summed E-state index contributed by atoms with van der Waals surface area (Å²) in [5, 5.41) is 16.8. The lowest BCUT2D eigenvalue weighted by atomic mass is 10.1. The Morgan fingerprint density at radius 3 is 2.84 bits per heavy atom. The highest BCUT2D eigenvalue weighted by molar-refractivity contribution is 6.32. The summed E-state index contributed by atoms with van der Waals surface area (Å²) in [6.45, 7) is 4.85. The largest absolute Gasteiger partial charge is 0.492 e. The van der Waals surface area contributed by atoms with Gasteiger partial charge in [0.25, 0.3) is 5.89 Å². The molecule has 1 atom stereocenters. The first-order chi connectivity index (χ1) is 15.4. The Balaban J connectivity index is 1.50. The smallest absolute Gasteiger partial charge is 0.303 e. The number of carboxylic acid groups (broad SMARTS) is 1. The predicted molar refractivity (Wildman–Crippen MR) is 119 cm³/mol. The van der Waals surface area contributed by atoms with Crippen molar-refractivity contribution >= 4 is 17.6 Å². The van der Waals surface area contributed by atoms with Crippen molar-refractivity contribution < 1.29 is 23.9 Å². The van der Waals surface area contributed by atoms with Crippen LogP contribution in [0.1, 0.15) is 32.3 Å². The fourth-order valence-electron chi connectivity index (χ4n) is 3.43. The number of benzene rings is 2. The lowest BCUT2D eigenvalue weighted by Crippen LogP contribution is -2.32. The molecule has 0 spiro atoms. The van der Waals surface area contributed by atoms with E-state index in [1.807, 2.05) is 38.1 Å². The molecular formula is C23H24ClN3O5. The van der Waals surface area contributed by atoms with E-state index >= 15 is 0 Å². The molecule has 2 N–H and O–H groups in total. The van der Waals surface area contributed by atoms with Gasteiger partial charge in [-0.05, 0) is 56.7 Å². The first-order valence-electron chi connectivity index (χ1n) is 10.4. The van der Waals surface area contributed by atoms with E-state index < -0.39 is 5.97 Å². The van der Waals surface area contributed by atoms with E-state index in [0.29, 0.717) is 47.6 Å². The highest BCUT2D eigenvalue weighted by Gasteiger charge is 2.19. The number of hydrogen-bond donors (Lipinski definition) is 2. The Kier molecular flexibility index (Phi) is 6.62. The van der Waals surface area contributed by atoms with E-state index in [1.165, 1.54) is 0 Å². The van der Waals surface area contributed by atoms with Gasteiger partial charge in [0.15, 0.2) is 0 Å². The molecule has 1 aromatic heterocycles. The Morgan fingerprint density at radius 1 is 1.28 bits per heavy atom. The third-order valence-corrected chi connectivity index (χ3v) is 5.31. The van der Waals surface area contributed by atoms with E-state index in [1.54, 1.807) is 12.1 Å². The third kappa shape index (κ3) is 5.20. The van der Waals surface area contributed by atoms with Crippen molar-refractivity contribution in [1.82, 2.24) is 15.5 Å². The molecule has 3 aromatic rings. The molecule has 0 radical (unpaired) electrons. The van der Waals surface area contributed by atoms with Gasteiger partial charge in [0, 0.05) is 35.7 Å². The van der Waals surface area contributed by atoms with Crippen molar-refractivity contribution in [3.8, 4) is 34.3 Å². The van der Waals surface area contributed by atoms with Crippen LogP contribution in [0, 0.1) is 0 Å². The second-order valence-electron chi connectivity index (χ2n) is 7.88. The number of ether oxygens (including phenoxy) is 2. The zero-order valence-corrected chi connectivity index (χ0v) is 18.6. The lowest BCUT2D eigenvalue weighted by molar-refractivity contribution is -0.137. The van der Waals surface area contributed by atoms with Crippen LogP contribution in [0.3, 0.4) is 0 Å². The van der Waals surface area contributed by atoms with Crippen LogP contribution in [-0.4, -0.2) is 40.0 Å². The third-order valence-electron chi connectivity index (χ3n) is 5.01. The van der Waals surface area contributed by atoms with Crippen molar-refractivity contribution in [2.24, 2.45) is 0 Å².